The van der Waals surface area contributed by atoms with Crippen molar-refractivity contribution in [2.45, 2.75) is 51.9 Å². The van der Waals surface area contributed by atoms with Crippen LogP contribution in [0.5, 0.6) is 0 Å². The van der Waals surface area contributed by atoms with Gasteiger partial charge in [0.15, 0.2) is 0 Å². The second kappa shape index (κ2) is 17.5. The highest BCUT2D eigenvalue weighted by molar-refractivity contribution is 5.94. The molecule has 10 nitrogen and oxygen atoms in total. The molecule has 0 saturated heterocycles. The van der Waals surface area contributed by atoms with Crippen LogP contribution in [0.3, 0.4) is 0 Å². The number of aromatic nitrogens is 3. The first kappa shape index (κ1) is 28.6. The zero-order chi connectivity index (χ0) is 26.0. The number of hydrogen-bond acceptors (Lipinski definition) is 9. The molecule has 0 unspecified atom stereocenters. The van der Waals surface area contributed by atoms with Gasteiger partial charge in [0.2, 0.25) is 17.8 Å². The second-order valence-electron chi connectivity index (χ2n) is 9.24. The van der Waals surface area contributed by atoms with Crippen LogP contribution in [0.15, 0.2) is 30.3 Å². The van der Waals surface area contributed by atoms with Gasteiger partial charge in [-0.3, -0.25) is 4.79 Å². The number of benzene rings is 1. The third-order valence-corrected chi connectivity index (χ3v) is 6.19. The number of nitrogens with zero attached hydrogens (tertiary/aromatic N) is 3. The largest absolute Gasteiger partial charge is 0.377 e. The number of ether oxygens (including phenoxy) is 2. The van der Waals surface area contributed by atoms with E-state index in [1.807, 2.05) is 18.2 Å². The zero-order valence-corrected chi connectivity index (χ0v) is 22.1. The van der Waals surface area contributed by atoms with Gasteiger partial charge in [0.1, 0.15) is 0 Å². The summed E-state index contributed by atoms with van der Waals surface area (Å²) in [6, 6.07) is 9.14. The van der Waals surface area contributed by atoms with Crippen molar-refractivity contribution in [2.75, 3.05) is 68.6 Å². The fraction of sp³-hybridized carbons (Fsp3) is 0.630. The van der Waals surface area contributed by atoms with Crippen LogP contribution < -0.4 is 21.3 Å². The van der Waals surface area contributed by atoms with E-state index >= 15 is 0 Å². The third kappa shape index (κ3) is 11.7. The molecule has 1 aliphatic carbocycles. The van der Waals surface area contributed by atoms with E-state index in [2.05, 4.69) is 43.1 Å². The number of unbranched alkanes of at least 4 members (excludes halogenated alkanes) is 1. The average molecular weight is 514 g/mol. The van der Waals surface area contributed by atoms with Crippen molar-refractivity contribution in [1.29, 1.82) is 0 Å². The number of hydrogen-bond donors (Lipinski definition) is 4. The first-order valence-electron chi connectivity index (χ1n) is 13.7. The lowest BCUT2D eigenvalue weighted by Gasteiger charge is -2.21. The topological polar surface area (TPSA) is 122 Å². The van der Waals surface area contributed by atoms with Crippen LogP contribution in [-0.4, -0.2) is 73.5 Å². The van der Waals surface area contributed by atoms with Gasteiger partial charge in [-0.15, -0.1) is 0 Å². The molecular weight excluding hydrogens is 470 g/mol. The van der Waals surface area contributed by atoms with Gasteiger partial charge >= 0.3 is 0 Å². The fourth-order valence-electron chi connectivity index (χ4n) is 4.10. The molecule has 0 atom stereocenters. The summed E-state index contributed by atoms with van der Waals surface area (Å²) < 4.78 is 11.2. The van der Waals surface area contributed by atoms with Gasteiger partial charge in [0.25, 0.3) is 5.91 Å². The smallest absolute Gasteiger partial charge is 0.251 e. The van der Waals surface area contributed by atoms with E-state index in [0.717, 1.165) is 25.9 Å². The number of carbonyl (C=O) groups excluding carboxylic acids is 1. The maximum absolute atomic E-state index is 12.0. The summed E-state index contributed by atoms with van der Waals surface area (Å²) >= 11 is 0. The molecule has 0 spiro atoms. The van der Waals surface area contributed by atoms with E-state index in [-0.39, 0.29) is 5.91 Å². The Morgan fingerprint density at radius 1 is 0.811 bits per heavy atom. The van der Waals surface area contributed by atoms with Crippen molar-refractivity contribution in [1.82, 2.24) is 20.3 Å². The molecule has 4 N–H and O–H groups in total. The summed E-state index contributed by atoms with van der Waals surface area (Å²) in [6.07, 6.45) is 8.70. The van der Waals surface area contributed by atoms with Crippen molar-refractivity contribution in [3.8, 4) is 0 Å². The van der Waals surface area contributed by atoms with E-state index in [1.165, 1.54) is 32.1 Å². The lowest BCUT2D eigenvalue weighted by Crippen LogP contribution is -2.27. The van der Waals surface area contributed by atoms with E-state index < -0.39 is 0 Å². The van der Waals surface area contributed by atoms with Gasteiger partial charge in [-0.25, -0.2) is 0 Å². The monoisotopic (exact) mass is 513 g/mol. The SMILES string of the molecule is CCCCNc1nc(NCCOCCOCCNC(=O)c2ccccc2)nc(NCC2CCCCC2)n1. The van der Waals surface area contributed by atoms with Crippen LogP contribution in [0.1, 0.15) is 62.2 Å². The van der Waals surface area contributed by atoms with E-state index in [9.17, 15) is 4.79 Å². The Kier molecular flexibility index (Phi) is 13.5. The Bertz CT molecular complexity index is 895. The highest BCUT2D eigenvalue weighted by atomic mass is 16.5. The molecule has 10 heteroatoms. The van der Waals surface area contributed by atoms with E-state index in [4.69, 9.17) is 9.47 Å². The van der Waals surface area contributed by atoms with Crippen LogP contribution in [0, 0.1) is 5.92 Å². The summed E-state index contributed by atoms with van der Waals surface area (Å²) in [6.45, 7) is 6.82. The maximum atomic E-state index is 12.0. The molecule has 37 heavy (non-hydrogen) atoms. The van der Waals surface area contributed by atoms with Crippen LogP contribution in [0.4, 0.5) is 17.8 Å². The minimum Gasteiger partial charge on any atom is -0.377 e. The van der Waals surface area contributed by atoms with Crippen molar-refractivity contribution in [3.05, 3.63) is 35.9 Å². The molecule has 204 valence electrons. The zero-order valence-electron chi connectivity index (χ0n) is 22.1. The second-order valence-corrected chi connectivity index (χ2v) is 9.24. The lowest BCUT2D eigenvalue weighted by molar-refractivity contribution is 0.0519. The van der Waals surface area contributed by atoms with Gasteiger partial charge in [-0.05, 0) is 37.3 Å². The Balaban J connectivity index is 1.29. The van der Waals surface area contributed by atoms with Gasteiger partial charge in [-0.2, -0.15) is 15.0 Å². The molecule has 1 aromatic heterocycles. The van der Waals surface area contributed by atoms with Crippen LogP contribution in [-0.2, 0) is 9.47 Å². The molecule has 1 fully saturated rings. The first-order chi connectivity index (χ1) is 18.2. The Hall–Kier alpha value is -2.98. The lowest BCUT2D eigenvalue weighted by atomic mass is 9.89. The predicted octanol–water partition coefficient (Wildman–Crippen LogP) is 3.95. The molecular formula is C27H43N7O3. The fourth-order valence-corrected chi connectivity index (χ4v) is 4.10. The summed E-state index contributed by atoms with van der Waals surface area (Å²) in [5, 5.41) is 12.8. The van der Waals surface area contributed by atoms with Crippen LogP contribution in [0.25, 0.3) is 0 Å². The van der Waals surface area contributed by atoms with Crippen molar-refractivity contribution >= 4 is 23.8 Å². The predicted molar refractivity (Wildman–Crippen MR) is 147 cm³/mol. The van der Waals surface area contributed by atoms with Crippen molar-refractivity contribution < 1.29 is 14.3 Å². The van der Waals surface area contributed by atoms with Crippen LogP contribution >= 0.6 is 0 Å². The molecule has 1 aromatic carbocycles. The highest BCUT2D eigenvalue weighted by Gasteiger charge is 2.14. The molecule has 0 radical (unpaired) electrons. The number of rotatable bonds is 18. The van der Waals surface area contributed by atoms with Gasteiger partial charge in [0, 0.05) is 31.7 Å². The summed E-state index contributed by atoms with van der Waals surface area (Å²) in [5.41, 5.74) is 0.646. The normalized spacial score (nSPS) is 13.8. The quantitative estimate of drug-likeness (QED) is 0.219. The molecule has 1 heterocycles. The molecule has 0 aliphatic heterocycles. The van der Waals surface area contributed by atoms with Crippen LogP contribution in [0.2, 0.25) is 0 Å². The summed E-state index contributed by atoms with van der Waals surface area (Å²) in [4.78, 5) is 25.6. The number of anilines is 3. The molecule has 1 saturated carbocycles. The molecule has 0 bridgehead atoms. The number of nitrogens with one attached hydrogen (secondary N) is 4. The standard InChI is InChI=1S/C27H43N7O3/c1-2-3-14-29-25-32-26(34-27(33-25)31-21-22-10-6-4-7-11-22)30-16-18-37-20-19-36-17-15-28-24(35)23-12-8-5-9-13-23/h5,8-9,12-13,22H,2-4,6-7,10-11,14-21H2,1H3,(H,28,35)(H3,29,30,31,32,33,34). The Labute approximate surface area is 220 Å². The molecule has 3 rings (SSSR count). The minimum absolute atomic E-state index is 0.0964. The van der Waals surface area contributed by atoms with E-state index in [0.29, 0.717) is 68.8 Å². The third-order valence-electron chi connectivity index (χ3n) is 6.19. The number of carbonyl (C=O) groups is 1. The Morgan fingerprint density at radius 2 is 1.43 bits per heavy atom. The molecule has 2 aromatic rings. The van der Waals surface area contributed by atoms with Crippen molar-refractivity contribution in [3.63, 3.8) is 0 Å². The highest BCUT2D eigenvalue weighted by Crippen LogP contribution is 2.23. The molecule has 1 amide bonds. The number of amides is 1. The van der Waals surface area contributed by atoms with Gasteiger partial charge in [-0.1, -0.05) is 50.8 Å². The first-order valence-corrected chi connectivity index (χ1v) is 13.7. The van der Waals surface area contributed by atoms with Gasteiger partial charge < -0.3 is 30.7 Å². The summed E-state index contributed by atoms with van der Waals surface area (Å²) in [5.74, 6) is 2.32. The Morgan fingerprint density at radius 3 is 2.11 bits per heavy atom. The average Bonchev–Trinajstić information content (AvgIpc) is 2.94. The van der Waals surface area contributed by atoms with Gasteiger partial charge in [0.05, 0.1) is 26.4 Å². The van der Waals surface area contributed by atoms with E-state index in [1.54, 1.807) is 12.1 Å². The maximum Gasteiger partial charge on any atom is 0.251 e. The van der Waals surface area contributed by atoms with Crippen molar-refractivity contribution in [2.24, 2.45) is 5.92 Å². The molecule has 1 aliphatic rings. The summed E-state index contributed by atoms with van der Waals surface area (Å²) in [7, 11) is 0. The minimum atomic E-state index is -0.0964.